The van der Waals surface area contributed by atoms with E-state index in [1.165, 1.54) is 0 Å². The Morgan fingerprint density at radius 2 is 1.40 bits per heavy atom. The van der Waals surface area contributed by atoms with E-state index in [0.717, 1.165) is 0 Å². The molecule has 0 aliphatic rings. The van der Waals surface area contributed by atoms with Gasteiger partial charge in [-0.25, -0.2) is 0 Å². The van der Waals surface area contributed by atoms with Crippen LogP contribution in [-0.2, 0) is 9.59 Å². The summed E-state index contributed by atoms with van der Waals surface area (Å²) < 4.78 is 98.4. The molecule has 0 aromatic heterocycles. The van der Waals surface area contributed by atoms with Gasteiger partial charge in [0.15, 0.2) is 0 Å². The highest BCUT2D eigenvalue weighted by atomic mass is 19.4. The van der Waals surface area contributed by atoms with Crippen molar-refractivity contribution in [1.29, 1.82) is 0 Å². The summed E-state index contributed by atoms with van der Waals surface area (Å²) in [7, 11) is 0. The summed E-state index contributed by atoms with van der Waals surface area (Å²) in [6.45, 7) is -0.141. The van der Waals surface area contributed by atoms with Gasteiger partial charge in [0.25, 0.3) is 0 Å². The SMILES string of the molecule is CC(CC(=O)O)(NC(=O)C(F)(F)F)C(F)(F)C(F)(F)F. The number of hydrogen-bond donors (Lipinski definition) is 2. The van der Waals surface area contributed by atoms with Crippen molar-refractivity contribution in [1.82, 2.24) is 5.32 Å². The van der Waals surface area contributed by atoms with E-state index in [0.29, 0.717) is 5.32 Å². The van der Waals surface area contributed by atoms with Gasteiger partial charge < -0.3 is 10.4 Å². The standard InChI is InChI=1S/C8H7F8NO3/c1-5(2-3(18)19,7(12,13)8(14,15)16)17-4(20)6(9,10)11/h2H2,1H3,(H,17,20)(H,18,19). The molecule has 0 spiro atoms. The van der Waals surface area contributed by atoms with Crippen LogP contribution >= 0.6 is 0 Å². The van der Waals surface area contributed by atoms with Crippen molar-refractivity contribution in [3.8, 4) is 0 Å². The van der Waals surface area contributed by atoms with E-state index in [9.17, 15) is 44.7 Å². The maximum atomic E-state index is 13.1. The van der Waals surface area contributed by atoms with Crippen LogP contribution in [0.4, 0.5) is 35.1 Å². The summed E-state index contributed by atoms with van der Waals surface area (Å²) in [5.74, 6) is -11.2. The van der Waals surface area contributed by atoms with E-state index in [-0.39, 0.29) is 6.92 Å². The smallest absolute Gasteiger partial charge is 0.471 e. The van der Waals surface area contributed by atoms with Gasteiger partial charge in [-0.2, -0.15) is 35.1 Å². The quantitative estimate of drug-likeness (QED) is 0.780. The number of rotatable bonds is 4. The third-order valence-electron chi connectivity index (χ3n) is 2.20. The molecule has 118 valence electrons. The average molecular weight is 317 g/mol. The van der Waals surface area contributed by atoms with E-state index in [1.54, 1.807) is 0 Å². The van der Waals surface area contributed by atoms with Gasteiger partial charge in [0.05, 0.1) is 6.42 Å². The predicted molar refractivity (Wildman–Crippen MR) is 45.9 cm³/mol. The molecule has 1 amide bonds. The third-order valence-corrected chi connectivity index (χ3v) is 2.20. The zero-order valence-corrected chi connectivity index (χ0v) is 9.49. The van der Waals surface area contributed by atoms with Crippen LogP contribution in [0.25, 0.3) is 0 Å². The molecule has 0 heterocycles. The molecule has 4 nitrogen and oxygen atoms in total. The second-order valence-corrected chi connectivity index (χ2v) is 3.93. The van der Waals surface area contributed by atoms with Crippen LogP contribution in [0, 0.1) is 0 Å². The minimum Gasteiger partial charge on any atom is -0.481 e. The van der Waals surface area contributed by atoms with E-state index >= 15 is 0 Å². The fraction of sp³-hybridized carbons (Fsp3) is 0.750. The van der Waals surface area contributed by atoms with Crippen molar-refractivity contribution >= 4 is 11.9 Å². The molecule has 1 unspecified atom stereocenters. The number of hydrogen-bond acceptors (Lipinski definition) is 2. The Labute approximate surface area is 105 Å². The summed E-state index contributed by atoms with van der Waals surface area (Å²) >= 11 is 0. The number of nitrogens with one attached hydrogen (secondary N) is 1. The number of carboxylic acids is 1. The maximum Gasteiger partial charge on any atom is 0.471 e. The Hall–Kier alpha value is -1.62. The van der Waals surface area contributed by atoms with Crippen molar-refractivity contribution in [2.24, 2.45) is 0 Å². The van der Waals surface area contributed by atoms with E-state index < -0.39 is 42.1 Å². The molecule has 0 aliphatic heterocycles. The number of carboxylic acid groups (broad SMARTS) is 1. The molecule has 0 aromatic rings. The van der Waals surface area contributed by atoms with Gasteiger partial charge in [-0.05, 0) is 6.92 Å². The van der Waals surface area contributed by atoms with E-state index in [1.807, 2.05) is 0 Å². The summed E-state index contributed by atoms with van der Waals surface area (Å²) in [6, 6.07) is 0. The van der Waals surface area contributed by atoms with Gasteiger partial charge in [-0.3, -0.25) is 9.59 Å². The molecule has 2 N–H and O–H groups in total. The van der Waals surface area contributed by atoms with Crippen LogP contribution in [0.1, 0.15) is 13.3 Å². The molecule has 0 aliphatic carbocycles. The summed E-state index contributed by atoms with van der Waals surface area (Å²) in [4.78, 5) is 20.8. The Bertz CT molecular complexity index is 402. The molecule has 0 rings (SSSR count). The van der Waals surface area contributed by atoms with Crippen LogP contribution in [0.3, 0.4) is 0 Å². The number of amides is 1. The molecule has 1 atom stereocenters. The van der Waals surface area contributed by atoms with Gasteiger partial charge >= 0.3 is 30.2 Å². The molecule has 20 heavy (non-hydrogen) atoms. The highest BCUT2D eigenvalue weighted by Crippen LogP contribution is 2.45. The molecule has 12 heteroatoms. The van der Waals surface area contributed by atoms with Crippen molar-refractivity contribution in [3.05, 3.63) is 0 Å². The Kier molecular flexibility index (Phi) is 4.64. The lowest BCUT2D eigenvalue weighted by Gasteiger charge is -2.37. The lowest BCUT2D eigenvalue weighted by atomic mass is 9.89. The fourth-order valence-corrected chi connectivity index (χ4v) is 1.17. The first-order chi connectivity index (χ1) is 8.54. The second-order valence-electron chi connectivity index (χ2n) is 3.93. The van der Waals surface area contributed by atoms with Gasteiger partial charge in [-0.15, -0.1) is 0 Å². The van der Waals surface area contributed by atoms with Crippen molar-refractivity contribution in [2.75, 3.05) is 0 Å². The van der Waals surface area contributed by atoms with Crippen LogP contribution in [-0.4, -0.2) is 40.8 Å². The van der Waals surface area contributed by atoms with Crippen LogP contribution < -0.4 is 5.32 Å². The van der Waals surface area contributed by atoms with Gasteiger partial charge in [0, 0.05) is 0 Å². The molecule has 0 saturated carbocycles. The lowest BCUT2D eigenvalue weighted by molar-refractivity contribution is -0.309. The van der Waals surface area contributed by atoms with Crippen LogP contribution in [0.15, 0.2) is 0 Å². The van der Waals surface area contributed by atoms with Crippen LogP contribution in [0.5, 0.6) is 0 Å². The fourth-order valence-electron chi connectivity index (χ4n) is 1.17. The summed E-state index contributed by atoms with van der Waals surface area (Å²) in [5.41, 5.74) is -4.00. The van der Waals surface area contributed by atoms with E-state index in [4.69, 9.17) is 5.11 Å². The number of aliphatic carboxylic acids is 1. The summed E-state index contributed by atoms with van der Waals surface area (Å²) in [6.07, 6.45) is -14.2. The minimum atomic E-state index is -6.35. The zero-order chi connectivity index (χ0) is 16.6. The van der Waals surface area contributed by atoms with Crippen molar-refractivity contribution in [2.45, 2.75) is 37.2 Å². The molecule has 0 saturated heterocycles. The highest BCUT2D eigenvalue weighted by molar-refractivity contribution is 5.83. The average Bonchev–Trinajstić information content (AvgIpc) is 2.12. The van der Waals surface area contributed by atoms with Crippen molar-refractivity contribution in [3.63, 3.8) is 0 Å². The molecular formula is C8H7F8NO3. The summed E-state index contributed by atoms with van der Waals surface area (Å²) in [5, 5.41) is 8.66. The first kappa shape index (κ1) is 18.4. The number of carbonyl (C=O) groups is 2. The van der Waals surface area contributed by atoms with Gasteiger partial charge in [0.2, 0.25) is 0 Å². The molecule has 0 fully saturated rings. The Morgan fingerprint density at radius 1 is 1.00 bits per heavy atom. The van der Waals surface area contributed by atoms with Crippen molar-refractivity contribution < 1.29 is 49.8 Å². The van der Waals surface area contributed by atoms with Crippen LogP contribution in [0.2, 0.25) is 0 Å². The zero-order valence-electron chi connectivity index (χ0n) is 9.49. The largest absolute Gasteiger partial charge is 0.481 e. The number of alkyl halides is 8. The molecular weight excluding hydrogens is 310 g/mol. The highest BCUT2D eigenvalue weighted by Gasteiger charge is 2.70. The number of carbonyl (C=O) groups excluding carboxylic acids is 1. The first-order valence-corrected chi connectivity index (χ1v) is 4.60. The number of halogens is 8. The molecule has 0 radical (unpaired) electrons. The van der Waals surface area contributed by atoms with Gasteiger partial charge in [-0.1, -0.05) is 0 Å². The minimum absolute atomic E-state index is 0.141. The lowest BCUT2D eigenvalue weighted by Crippen LogP contribution is -2.66. The normalized spacial score (nSPS) is 16.4. The topological polar surface area (TPSA) is 66.4 Å². The Morgan fingerprint density at radius 3 is 1.65 bits per heavy atom. The monoisotopic (exact) mass is 317 g/mol. The predicted octanol–water partition coefficient (Wildman–Crippen LogP) is 2.10. The second kappa shape index (κ2) is 5.05. The molecule has 0 aromatic carbocycles. The Balaban J connectivity index is 5.65. The third kappa shape index (κ3) is 3.70. The maximum absolute atomic E-state index is 13.1. The first-order valence-electron chi connectivity index (χ1n) is 4.60. The molecule has 0 bridgehead atoms. The van der Waals surface area contributed by atoms with Gasteiger partial charge in [0.1, 0.15) is 5.54 Å². The van der Waals surface area contributed by atoms with E-state index in [2.05, 4.69) is 0 Å².